The van der Waals surface area contributed by atoms with Gasteiger partial charge in [0.05, 0.1) is 11.5 Å². The van der Waals surface area contributed by atoms with Gasteiger partial charge in [0.1, 0.15) is 29.2 Å². The van der Waals surface area contributed by atoms with Gasteiger partial charge in [-0.05, 0) is 93.9 Å². The van der Waals surface area contributed by atoms with E-state index in [1.54, 1.807) is 25.1 Å². The number of carbonyl (C=O) groups is 4. The Hall–Kier alpha value is -3.89. The van der Waals surface area contributed by atoms with E-state index in [1.165, 1.54) is 37.3 Å². The minimum Gasteiger partial charge on any atom is -0.458 e. The van der Waals surface area contributed by atoms with Crippen LogP contribution in [0.2, 0.25) is 0 Å². The number of allylic oxidation sites excluding steroid dienone is 1. The molecule has 0 aromatic heterocycles. The second kappa shape index (κ2) is 11.3. The maximum Gasteiger partial charge on any atom is 0.333 e. The zero-order valence-electron chi connectivity index (χ0n) is 28.7. The van der Waals surface area contributed by atoms with E-state index in [2.05, 4.69) is 0 Å². The number of esters is 3. The number of epoxide rings is 1. The van der Waals surface area contributed by atoms with E-state index in [9.17, 15) is 28.7 Å². The Balaban J connectivity index is 1.19. The molecule has 2 heterocycles. The van der Waals surface area contributed by atoms with E-state index in [-0.39, 0.29) is 29.4 Å². The summed E-state index contributed by atoms with van der Waals surface area (Å²) in [4.78, 5) is 52.3. The van der Waals surface area contributed by atoms with E-state index >= 15 is 0 Å². The highest BCUT2D eigenvalue weighted by atomic mass is 19.1. The van der Waals surface area contributed by atoms with Gasteiger partial charge in [0.2, 0.25) is 0 Å². The molecular formula is C39H43FO9. The first-order valence-corrected chi connectivity index (χ1v) is 17.1. The molecule has 11 atom stereocenters. The molecule has 0 bridgehead atoms. The fourth-order valence-corrected chi connectivity index (χ4v) is 10.1. The Bertz CT molecular complexity index is 1760. The van der Waals surface area contributed by atoms with Crippen LogP contribution in [-0.4, -0.2) is 64.4 Å². The molecule has 1 saturated heterocycles. The summed E-state index contributed by atoms with van der Waals surface area (Å²) in [6.45, 7) is 10.8. The van der Waals surface area contributed by atoms with Crippen molar-refractivity contribution in [3.05, 3.63) is 76.7 Å². The topological polar surface area (TPSA) is 129 Å². The monoisotopic (exact) mass is 674 g/mol. The lowest BCUT2D eigenvalue weighted by Crippen LogP contribution is -2.70. The molecule has 2 saturated carbocycles. The molecule has 1 spiro atoms. The third kappa shape index (κ3) is 4.69. The van der Waals surface area contributed by atoms with Crippen molar-refractivity contribution in [2.45, 2.75) is 103 Å². The van der Waals surface area contributed by atoms with Crippen LogP contribution in [0.3, 0.4) is 0 Å². The standard InChI is InChI=1S/C39H43FO9/c1-20-17-29(47-35(44)21(20)2)22(3)27-18-32(46-23(4)41)38(45)28-19-33-39(49-33)31(48-34(43)14-9-24-7-10-25(40)11-8-24)13-12-30(42)37(39,6)26(28)15-16-36(27,38)5/h7-14,18,22,26,28-29,31-33,45H,15-17,19H2,1-6H3/b14-9+/t22-,26-,28+,29+,31-,32-,33+,36+,37-,38-,39+/m0/s1. The van der Waals surface area contributed by atoms with Crippen molar-refractivity contribution in [3.8, 4) is 0 Å². The van der Waals surface area contributed by atoms with Gasteiger partial charge >= 0.3 is 17.9 Å². The van der Waals surface area contributed by atoms with Gasteiger partial charge in [-0.1, -0.05) is 37.1 Å². The lowest BCUT2D eigenvalue weighted by Gasteiger charge is -2.61. The number of carbonyl (C=O) groups excluding carboxylic acids is 4. The van der Waals surface area contributed by atoms with Crippen LogP contribution in [0.4, 0.5) is 4.39 Å². The van der Waals surface area contributed by atoms with Gasteiger partial charge in [0, 0.05) is 36.3 Å². The summed E-state index contributed by atoms with van der Waals surface area (Å²) >= 11 is 0. The van der Waals surface area contributed by atoms with Crippen LogP contribution in [0.5, 0.6) is 0 Å². The molecule has 49 heavy (non-hydrogen) atoms. The fraction of sp³-hybridized carbons (Fsp3) is 0.538. The number of benzene rings is 1. The van der Waals surface area contributed by atoms with Gasteiger partial charge < -0.3 is 24.1 Å². The molecule has 6 aliphatic rings. The Labute approximate surface area is 285 Å². The summed E-state index contributed by atoms with van der Waals surface area (Å²) in [5.74, 6) is -3.25. The average molecular weight is 675 g/mol. The Morgan fingerprint density at radius 3 is 2.47 bits per heavy atom. The normalized spacial score (nSPS) is 41.2. The quantitative estimate of drug-likeness (QED) is 0.139. The van der Waals surface area contributed by atoms with Gasteiger partial charge in [-0.2, -0.15) is 0 Å². The number of aliphatic hydroxyl groups is 1. The SMILES string of the molecule is CC(=O)O[C@H]1C=C([C@H](C)[C@H]2CC(C)=C(C)C(=O)O2)[C@@]2(C)CC[C@H]3[C@@H](C[C@H]4O[C@]45[C@@H](OC(=O)/C=C/c4ccc(F)cc4)C=CC(=O)[C@]35C)[C@]12O. The van der Waals surface area contributed by atoms with Gasteiger partial charge in [0.15, 0.2) is 11.9 Å². The molecule has 0 amide bonds. The highest BCUT2D eigenvalue weighted by molar-refractivity contribution is 5.98. The molecule has 4 aliphatic carbocycles. The number of cyclic esters (lactones) is 1. The molecule has 10 heteroatoms. The summed E-state index contributed by atoms with van der Waals surface area (Å²) < 4.78 is 37.5. The fourth-order valence-electron chi connectivity index (χ4n) is 10.1. The summed E-state index contributed by atoms with van der Waals surface area (Å²) in [6.07, 6.45) is 6.84. The van der Waals surface area contributed by atoms with Gasteiger partial charge in [-0.15, -0.1) is 0 Å². The minimum absolute atomic E-state index is 0.165. The first kappa shape index (κ1) is 33.6. The second-order valence-corrected chi connectivity index (χ2v) is 15.2. The first-order valence-electron chi connectivity index (χ1n) is 17.1. The third-order valence-corrected chi connectivity index (χ3v) is 13.0. The Morgan fingerprint density at radius 1 is 1.08 bits per heavy atom. The first-order chi connectivity index (χ1) is 23.1. The minimum atomic E-state index is -1.59. The smallest absolute Gasteiger partial charge is 0.333 e. The molecule has 0 unspecified atom stereocenters. The van der Waals surface area contributed by atoms with Crippen molar-refractivity contribution in [1.29, 1.82) is 0 Å². The van der Waals surface area contributed by atoms with Crippen molar-refractivity contribution in [1.82, 2.24) is 0 Å². The average Bonchev–Trinajstić information content (AvgIpc) is 3.74. The predicted molar refractivity (Wildman–Crippen MR) is 175 cm³/mol. The molecule has 1 aromatic rings. The van der Waals surface area contributed by atoms with E-state index in [0.29, 0.717) is 36.8 Å². The Morgan fingerprint density at radius 2 is 1.80 bits per heavy atom. The zero-order chi connectivity index (χ0) is 35.3. The predicted octanol–water partition coefficient (Wildman–Crippen LogP) is 5.36. The van der Waals surface area contributed by atoms with Crippen molar-refractivity contribution in [3.63, 3.8) is 0 Å². The van der Waals surface area contributed by atoms with Crippen LogP contribution in [-0.2, 0) is 38.1 Å². The van der Waals surface area contributed by atoms with Gasteiger partial charge in [-0.25, -0.2) is 14.0 Å². The Kier molecular flexibility index (Phi) is 7.76. The van der Waals surface area contributed by atoms with E-state index in [4.69, 9.17) is 18.9 Å². The van der Waals surface area contributed by atoms with Crippen molar-refractivity contribution in [2.24, 2.45) is 28.6 Å². The molecule has 260 valence electrons. The maximum atomic E-state index is 14.0. The molecular weight excluding hydrogens is 631 g/mol. The second-order valence-electron chi connectivity index (χ2n) is 15.2. The molecule has 0 radical (unpaired) electrons. The third-order valence-electron chi connectivity index (χ3n) is 13.0. The number of hydrogen-bond donors (Lipinski definition) is 1. The van der Waals surface area contributed by atoms with Crippen LogP contribution in [0.25, 0.3) is 6.08 Å². The van der Waals surface area contributed by atoms with Gasteiger partial charge in [-0.3, -0.25) is 9.59 Å². The number of rotatable bonds is 6. The molecule has 3 fully saturated rings. The summed E-state index contributed by atoms with van der Waals surface area (Å²) in [5.41, 5.74) is -1.64. The zero-order valence-corrected chi connectivity index (χ0v) is 28.7. The largest absolute Gasteiger partial charge is 0.458 e. The lowest BCUT2D eigenvalue weighted by molar-refractivity contribution is -0.225. The summed E-state index contributed by atoms with van der Waals surface area (Å²) in [7, 11) is 0. The van der Waals surface area contributed by atoms with Crippen LogP contribution in [0.15, 0.2) is 65.3 Å². The van der Waals surface area contributed by atoms with E-state index in [1.807, 2.05) is 33.8 Å². The molecule has 9 nitrogen and oxygen atoms in total. The molecule has 7 rings (SSSR count). The highest BCUT2D eigenvalue weighted by Gasteiger charge is 2.83. The maximum absolute atomic E-state index is 14.0. The van der Waals surface area contributed by atoms with E-state index < -0.39 is 64.3 Å². The molecule has 2 aliphatic heterocycles. The molecule has 1 N–H and O–H groups in total. The van der Waals surface area contributed by atoms with Crippen LogP contribution >= 0.6 is 0 Å². The number of ether oxygens (including phenoxy) is 4. The lowest BCUT2D eigenvalue weighted by atomic mass is 9.42. The van der Waals surface area contributed by atoms with Crippen LogP contribution in [0.1, 0.15) is 72.8 Å². The highest BCUT2D eigenvalue weighted by Crippen LogP contribution is 2.74. The van der Waals surface area contributed by atoms with Crippen LogP contribution < -0.4 is 0 Å². The number of hydrogen-bond acceptors (Lipinski definition) is 9. The van der Waals surface area contributed by atoms with Crippen molar-refractivity contribution in [2.75, 3.05) is 0 Å². The summed E-state index contributed by atoms with van der Waals surface area (Å²) in [5, 5.41) is 13.1. The van der Waals surface area contributed by atoms with Crippen molar-refractivity contribution >= 4 is 29.8 Å². The number of ketones is 1. The number of fused-ring (bicyclic) bond motifs is 4. The van der Waals surface area contributed by atoms with E-state index in [0.717, 1.165) is 11.1 Å². The molecule has 1 aromatic carbocycles. The number of halogens is 1. The summed E-state index contributed by atoms with van der Waals surface area (Å²) in [6, 6.07) is 5.69. The van der Waals surface area contributed by atoms with Crippen LogP contribution in [0, 0.1) is 34.4 Å². The van der Waals surface area contributed by atoms with Crippen molar-refractivity contribution < 1.29 is 47.6 Å². The van der Waals surface area contributed by atoms with Gasteiger partial charge in [0.25, 0.3) is 0 Å².